The first-order valence-electron chi connectivity index (χ1n) is 5.32. The fraction of sp³-hybridized carbons (Fsp3) is 0.700. The second-order valence-corrected chi connectivity index (χ2v) is 4.93. The van der Waals surface area contributed by atoms with Crippen molar-refractivity contribution in [3.05, 3.63) is 0 Å². The number of rotatable bonds is 5. The van der Waals surface area contributed by atoms with Gasteiger partial charge in [-0.25, -0.2) is 4.79 Å². The van der Waals surface area contributed by atoms with Gasteiger partial charge in [0.05, 0.1) is 0 Å². The number of amides is 3. The van der Waals surface area contributed by atoms with Crippen LogP contribution in [0.1, 0.15) is 20.8 Å². The SMILES string of the molecule is CC(C)(C)OC(=O)NCC(=O)N[C@@H](CS)C(N)=O. The van der Waals surface area contributed by atoms with Gasteiger partial charge in [-0.1, -0.05) is 0 Å². The van der Waals surface area contributed by atoms with Crippen LogP contribution in [0.3, 0.4) is 0 Å². The molecule has 0 heterocycles. The Morgan fingerprint density at radius 1 is 1.33 bits per heavy atom. The van der Waals surface area contributed by atoms with Crippen molar-refractivity contribution in [3.8, 4) is 0 Å². The van der Waals surface area contributed by atoms with Crippen LogP contribution in [0.15, 0.2) is 0 Å². The lowest BCUT2D eigenvalue weighted by Gasteiger charge is -2.19. The summed E-state index contributed by atoms with van der Waals surface area (Å²) in [5, 5.41) is 4.58. The highest BCUT2D eigenvalue weighted by Crippen LogP contribution is 2.05. The van der Waals surface area contributed by atoms with Gasteiger partial charge in [0.15, 0.2) is 0 Å². The van der Waals surface area contributed by atoms with Gasteiger partial charge in [0.25, 0.3) is 0 Å². The Morgan fingerprint density at radius 3 is 2.28 bits per heavy atom. The Labute approximate surface area is 111 Å². The second-order valence-electron chi connectivity index (χ2n) is 4.56. The number of nitrogens with one attached hydrogen (secondary N) is 2. The van der Waals surface area contributed by atoms with Crippen LogP contribution in [0.5, 0.6) is 0 Å². The van der Waals surface area contributed by atoms with E-state index in [0.717, 1.165) is 0 Å². The molecule has 0 aromatic rings. The maximum atomic E-state index is 11.4. The molecule has 0 bridgehead atoms. The number of carbonyl (C=O) groups excluding carboxylic acids is 3. The maximum absolute atomic E-state index is 11.4. The van der Waals surface area contributed by atoms with Crippen LogP contribution >= 0.6 is 12.6 Å². The Bertz CT molecular complexity index is 328. The highest BCUT2D eigenvalue weighted by Gasteiger charge is 2.19. The predicted molar refractivity (Wildman–Crippen MR) is 69.2 cm³/mol. The molecule has 0 aromatic carbocycles. The van der Waals surface area contributed by atoms with Crippen LogP contribution in [0.2, 0.25) is 0 Å². The maximum Gasteiger partial charge on any atom is 0.408 e. The zero-order chi connectivity index (χ0) is 14.3. The number of alkyl carbamates (subject to hydrolysis) is 1. The highest BCUT2D eigenvalue weighted by molar-refractivity contribution is 7.80. The standard InChI is InChI=1S/C10H19N3O4S/c1-10(2,3)17-9(16)12-4-7(14)13-6(5-18)8(11)15/h6,18H,4-5H2,1-3H3,(H2,11,15)(H,12,16)(H,13,14)/t6-/m0/s1. The molecule has 4 N–H and O–H groups in total. The largest absolute Gasteiger partial charge is 0.444 e. The van der Waals surface area contributed by atoms with Crippen molar-refractivity contribution in [2.24, 2.45) is 5.73 Å². The zero-order valence-corrected chi connectivity index (χ0v) is 11.5. The van der Waals surface area contributed by atoms with Crippen LogP contribution in [-0.4, -0.2) is 41.8 Å². The third-order valence-electron chi connectivity index (χ3n) is 1.65. The summed E-state index contributed by atoms with van der Waals surface area (Å²) < 4.78 is 4.93. The molecule has 0 saturated carbocycles. The molecule has 1 atom stereocenters. The Kier molecular flexibility index (Phi) is 6.53. The molecule has 7 nitrogen and oxygen atoms in total. The van der Waals surface area contributed by atoms with E-state index in [-0.39, 0.29) is 12.3 Å². The van der Waals surface area contributed by atoms with Gasteiger partial charge in [-0.2, -0.15) is 12.6 Å². The molecule has 0 aliphatic rings. The molecule has 0 radical (unpaired) electrons. The number of primary amides is 1. The molecule has 0 unspecified atom stereocenters. The Hall–Kier alpha value is -1.44. The average molecular weight is 277 g/mol. The van der Waals surface area contributed by atoms with Crippen molar-refractivity contribution >= 4 is 30.5 Å². The number of hydrogen-bond donors (Lipinski definition) is 4. The lowest BCUT2D eigenvalue weighted by molar-refractivity contribution is -0.126. The molecule has 0 aliphatic heterocycles. The van der Waals surface area contributed by atoms with Gasteiger partial charge < -0.3 is 21.1 Å². The topological polar surface area (TPSA) is 111 Å². The third kappa shape index (κ3) is 7.77. The monoisotopic (exact) mass is 277 g/mol. The number of hydrogen-bond acceptors (Lipinski definition) is 5. The first-order chi connectivity index (χ1) is 8.15. The molecule has 8 heteroatoms. The summed E-state index contributed by atoms with van der Waals surface area (Å²) in [6, 6.07) is -0.860. The van der Waals surface area contributed by atoms with Gasteiger partial charge in [-0.3, -0.25) is 9.59 Å². The summed E-state index contributed by atoms with van der Waals surface area (Å²) in [5.41, 5.74) is 4.38. The molecule has 0 fully saturated rings. The van der Waals surface area contributed by atoms with E-state index in [9.17, 15) is 14.4 Å². The Morgan fingerprint density at radius 2 is 1.89 bits per heavy atom. The van der Waals surface area contributed by atoms with E-state index in [0.29, 0.717) is 0 Å². The van der Waals surface area contributed by atoms with Gasteiger partial charge in [-0.15, -0.1) is 0 Å². The van der Waals surface area contributed by atoms with Crippen molar-refractivity contribution in [2.45, 2.75) is 32.4 Å². The third-order valence-corrected chi connectivity index (χ3v) is 2.02. The molecule has 3 amide bonds. The molecule has 0 saturated heterocycles. The van der Waals surface area contributed by atoms with E-state index in [1.165, 1.54) is 0 Å². The number of thiol groups is 1. The molecule has 0 aromatic heterocycles. The quantitative estimate of drug-likeness (QED) is 0.503. The van der Waals surface area contributed by atoms with Crippen molar-refractivity contribution in [2.75, 3.05) is 12.3 Å². The van der Waals surface area contributed by atoms with Crippen LogP contribution in [0, 0.1) is 0 Å². The number of ether oxygens (including phenoxy) is 1. The fourth-order valence-electron chi connectivity index (χ4n) is 0.919. The minimum atomic E-state index is -0.860. The highest BCUT2D eigenvalue weighted by atomic mass is 32.1. The zero-order valence-electron chi connectivity index (χ0n) is 10.6. The van der Waals surface area contributed by atoms with Crippen molar-refractivity contribution in [3.63, 3.8) is 0 Å². The smallest absolute Gasteiger partial charge is 0.408 e. The van der Waals surface area contributed by atoms with E-state index >= 15 is 0 Å². The molecule has 18 heavy (non-hydrogen) atoms. The molecule has 0 aliphatic carbocycles. The molecule has 104 valence electrons. The van der Waals surface area contributed by atoms with Crippen LogP contribution in [0.25, 0.3) is 0 Å². The summed E-state index contributed by atoms with van der Waals surface area (Å²) in [6.07, 6.45) is -0.709. The van der Waals surface area contributed by atoms with E-state index in [2.05, 4.69) is 23.3 Å². The van der Waals surface area contributed by atoms with E-state index in [4.69, 9.17) is 10.5 Å². The molecule has 0 rings (SSSR count). The summed E-state index contributed by atoms with van der Waals surface area (Å²) in [5.74, 6) is -1.14. The first kappa shape index (κ1) is 16.6. The van der Waals surface area contributed by atoms with Gasteiger partial charge in [-0.05, 0) is 20.8 Å². The van der Waals surface area contributed by atoms with Crippen molar-refractivity contribution in [1.82, 2.24) is 10.6 Å². The lowest BCUT2D eigenvalue weighted by atomic mass is 10.2. The molecular weight excluding hydrogens is 258 g/mol. The predicted octanol–water partition coefficient (Wildman–Crippen LogP) is -0.589. The van der Waals surface area contributed by atoms with Gasteiger partial charge in [0.2, 0.25) is 11.8 Å². The van der Waals surface area contributed by atoms with Gasteiger partial charge >= 0.3 is 6.09 Å². The van der Waals surface area contributed by atoms with Crippen LogP contribution in [0.4, 0.5) is 4.79 Å². The summed E-state index contributed by atoms with van der Waals surface area (Å²) in [4.78, 5) is 33.4. The van der Waals surface area contributed by atoms with Crippen molar-refractivity contribution < 1.29 is 19.1 Å². The fourth-order valence-corrected chi connectivity index (χ4v) is 1.19. The molecular formula is C10H19N3O4S. The summed E-state index contributed by atoms with van der Waals surface area (Å²) in [6.45, 7) is 4.82. The minimum absolute atomic E-state index is 0.0908. The van der Waals surface area contributed by atoms with E-state index in [1.54, 1.807) is 20.8 Å². The normalized spacial score (nSPS) is 12.4. The van der Waals surface area contributed by atoms with Crippen molar-refractivity contribution in [1.29, 1.82) is 0 Å². The van der Waals surface area contributed by atoms with Gasteiger partial charge in [0, 0.05) is 5.75 Å². The average Bonchev–Trinajstić information content (AvgIpc) is 2.20. The summed E-state index contributed by atoms with van der Waals surface area (Å²) in [7, 11) is 0. The summed E-state index contributed by atoms with van der Waals surface area (Å²) >= 11 is 3.87. The second kappa shape index (κ2) is 7.10. The lowest BCUT2D eigenvalue weighted by Crippen LogP contribution is -2.49. The molecule has 0 spiro atoms. The van der Waals surface area contributed by atoms with E-state index in [1.807, 2.05) is 0 Å². The number of carbonyl (C=O) groups is 3. The minimum Gasteiger partial charge on any atom is -0.444 e. The van der Waals surface area contributed by atoms with Crippen LogP contribution in [-0.2, 0) is 14.3 Å². The Balaban J connectivity index is 4.04. The first-order valence-corrected chi connectivity index (χ1v) is 5.95. The number of nitrogens with two attached hydrogens (primary N) is 1. The van der Waals surface area contributed by atoms with E-state index < -0.39 is 29.6 Å². The van der Waals surface area contributed by atoms with Crippen LogP contribution < -0.4 is 16.4 Å². The van der Waals surface area contributed by atoms with Gasteiger partial charge in [0.1, 0.15) is 18.2 Å².